The number of hydrogen-bond donors (Lipinski definition) is 1. The fourth-order valence-corrected chi connectivity index (χ4v) is 3.70. The molecule has 0 bridgehead atoms. The van der Waals surface area contributed by atoms with E-state index in [1.54, 1.807) is 37.3 Å². The van der Waals surface area contributed by atoms with Gasteiger partial charge in [-0.15, -0.1) is 0 Å². The van der Waals surface area contributed by atoms with E-state index in [0.29, 0.717) is 21.3 Å². The van der Waals surface area contributed by atoms with Crippen LogP contribution in [0, 0.1) is 17.1 Å². The third-order valence-corrected chi connectivity index (χ3v) is 5.37. The lowest BCUT2D eigenvalue weighted by Crippen LogP contribution is -2.14. The monoisotopic (exact) mass is 562 g/mol. The molecule has 36 heavy (non-hydrogen) atoms. The Hall–Kier alpha value is -3.84. The van der Waals surface area contributed by atoms with E-state index in [2.05, 4.69) is 21.2 Å². The molecule has 0 saturated carbocycles. The first-order valence-corrected chi connectivity index (χ1v) is 11.3. The van der Waals surface area contributed by atoms with Crippen LogP contribution in [0.4, 0.5) is 23.2 Å². The van der Waals surface area contributed by atoms with Gasteiger partial charge in [0.2, 0.25) is 0 Å². The van der Waals surface area contributed by atoms with Gasteiger partial charge in [-0.3, -0.25) is 4.79 Å². The van der Waals surface area contributed by atoms with E-state index in [0.717, 1.165) is 18.2 Å². The van der Waals surface area contributed by atoms with Crippen molar-refractivity contribution in [2.24, 2.45) is 0 Å². The topological polar surface area (TPSA) is 71.3 Å². The highest BCUT2D eigenvalue weighted by Crippen LogP contribution is 2.38. The number of nitrogens with zero attached hydrogens (tertiary/aromatic N) is 1. The maximum absolute atomic E-state index is 13.9. The van der Waals surface area contributed by atoms with Crippen molar-refractivity contribution in [2.75, 3.05) is 11.9 Å². The number of alkyl halides is 3. The molecule has 0 aromatic heterocycles. The van der Waals surface area contributed by atoms with Gasteiger partial charge in [-0.05, 0) is 70.9 Å². The molecule has 0 spiro atoms. The summed E-state index contributed by atoms with van der Waals surface area (Å²) >= 11 is 3.37. The molecular weight excluding hydrogens is 544 g/mol. The van der Waals surface area contributed by atoms with Gasteiger partial charge in [-0.2, -0.15) is 18.4 Å². The minimum atomic E-state index is -4.58. The van der Waals surface area contributed by atoms with Crippen LogP contribution in [0.1, 0.15) is 23.6 Å². The van der Waals surface area contributed by atoms with Crippen molar-refractivity contribution in [3.63, 3.8) is 0 Å². The van der Waals surface area contributed by atoms with Crippen LogP contribution in [-0.2, 0) is 17.6 Å². The molecule has 10 heteroatoms. The molecule has 3 aromatic carbocycles. The van der Waals surface area contributed by atoms with Crippen LogP contribution < -0.4 is 14.8 Å². The number of rotatable bonds is 8. The van der Waals surface area contributed by atoms with Gasteiger partial charge in [0.1, 0.15) is 24.1 Å². The highest BCUT2D eigenvalue weighted by Gasteiger charge is 2.30. The van der Waals surface area contributed by atoms with Gasteiger partial charge in [-0.25, -0.2) is 4.39 Å². The lowest BCUT2D eigenvalue weighted by Gasteiger charge is -2.15. The first-order chi connectivity index (χ1) is 17.1. The van der Waals surface area contributed by atoms with E-state index < -0.39 is 23.5 Å². The Labute approximate surface area is 213 Å². The highest BCUT2D eigenvalue weighted by atomic mass is 79.9. The summed E-state index contributed by atoms with van der Waals surface area (Å²) < 4.78 is 64.6. The first kappa shape index (κ1) is 26.8. The molecule has 0 heterocycles. The molecule has 3 rings (SSSR count). The average molecular weight is 563 g/mol. The maximum atomic E-state index is 13.9. The van der Waals surface area contributed by atoms with Gasteiger partial charge in [0.15, 0.2) is 11.5 Å². The van der Waals surface area contributed by atoms with Crippen LogP contribution in [0.5, 0.6) is 11.5 Å². The summed E-state index contributed by atoms with van der Waals surface area (Å²) in [7, 11) is 0. The van der Waals surface area contributed by atoms with Crippen LogP contribution in [0.25, 0.3) is 6.08 Å². The van der Waals surface area contributed by atoms with Crippen LogP contribution in [0.2, 0.25) is 0 Å². The summed E-state index contributed by atoms with van der Waals surface area (Å²) in [6, 6.07) is 15.1. The van der Waals surface area contributed by atoms with E-state index in [1.165, 1.54) is 24.3 Å². The van der Waals surface area contributed by atoms with Crippen molar-refractivity contribution in [3.8, 4) is 17.6 Å². The Balaban J connectivity index is 1.85. The maximum Gasteiger partial charge on any atom is 0.416 e. The van der Waals surface area contributed by atoms with Crippen molar-refractivity contribution in [2.45, 2.75) is 19.7 Å². The van der Waals surface area contributed by atoms with E-state index in [4.69, 9.17) is 9.47 Å². The fourth-order valence-electron chi connectivity index (χ4n) is 3.13. The second-order valence-corrected chi connectivity index (χ2v) is 8.20. The number of benzene rings is 3. The summed E-state index contributed by atoms with van der Waals surface area (Å²) in [4.78, 5) is 12.6. The number of carbonyl (C=O) groups excluding carboxylic acids is 1. The molecule has 0 aliphatic carbocycles. The second kappa shape index (κ2) is 11.7. The quantitative estimate of drug-likeness (QED) is 0.180. The zero-order chi connectivity index (χ0) is 26.3. The molecule has 0 aliphatic rings. The zero-order valence-electron chi connectivity index (χ0n) is 18.8. The van der Waals surface area contributed by atoms with E-state index in [9.17, 15) is 27.6 Å². The van der Waals surface area contributed by atoms with Gasteiger partial charge in [0.05, 0.1) is 16.6 Å². The summed E-state index contributed by atoms with van der Waals surface area (Å²) in [5.74, 6) is -0.725. The van der Waals surface area contributed by atoms with Gasteiger partial charge >= 0.3 is 6.18 Å². The number of ether oxygens (including phenoxy) is 2. The average Bonchev–Trinajstić information content (AvgIpc) is 2.83. The number of hydrogen-bond acceptors (Lipinski definition) is 4. The molecule has 0 atom stereocenters. The molecule has 0 aliphatic heterocycles. The summed E-state index contributed by atoms with van der Waals surface area (Å²) in [6.07, 6.45) is -3.32. The third kappa shape index (κ3) is 6.86. The van der Waals surface area contributed by atoms with E-state index in [-0.39, 0.29) is 30.2 Å². The lowest BCUT2D eigenvalue weighted by molar-refractivity contribution is -0.137. The third-order valence-electron chi connectivity index (χ3n) is 4.79. The molecule has 0 fully saturated rings. The Bertz CT molecular complexity index is 1330. The smallest absolute Gasteiger partial charge is 0.416 e. The first-order valence-electron chi connectivity index (χ1n) is 10.5. The summed E-state index contributed by atoms with van der Waals surface area (Å²) in [5, 5.41) is 11.8. The summed E-state index contributed by atoms with van der Waals surface area (Å²) in [5.41, 5.74) is -0.655. The Morgan fingerprint density at radius 3 is 2.53 bits per heavy atom. The van der Waals surface area contributed by atoms with Crippen LogP contribution >= 0.6 is 15.9 Å². The van der Waals surface area contributed by atoms with Crippen LogP contribution in [0.3, 0.4) is 0 Å². The number of anilines is 1. The minimum Gasteiger partial charge on any atom is -0.490 e. The van der Waals surface area contributed by atoms with Gasteiger partial charge in [0.25, 0.3) is 5.91 Å². The molecule has 3 aromatic rings. The molecular formula is C26H19BrF4N2O3. The number of nitrogens with one attached hydrogen (secondary N) is 1. The molecule has 0 saturated heterocycles. The lowest BCUT2D eigenvalue weighted by atomic mass is 10.1. The predicted molar refractivity (Wildman–Crippen MR) is 130 cm³/mol. The molecule has 0 radical (unpaired) electrons. The Morgan fingerprint density at radius 2 is 1.86 bits per heavy atom. The normalized spacial score (nSPS) is 11.5. The van der Waals surface area contributed by atoms with Crippen molar-refractivity contribution in [1.29, 1.82) is 5.26 Å². The van der Waals surface area contributed by atoms with Crippen molar-refractivity contribution >= 4 is 33.6 Å². The van der Waals surface area contributed by atoms with Crippen molar-refractivity contribution in [1.82, 2.24) is 0 Å². The van der Waals surface area contributed by atoms with Gasteiger partial charge in [0, 0.05) is 11.3 Å². The van der Waals surface area contributed by atoms with Crippen LogP contribution in [0.15, 0.2) is 70.7 Å². The van der Waals surface area contributed by atoms with Gasteiger partial charge < -0.3 is 14.8 Å². The predicted octanol–water partition coefficient (Wildman–Crippen LogP) is 7.13. The van der Waals surface area contributed by atoms with Crippen molar-refractivity contribution < 1.29 is 31.8 Å². The number of amides is 1. The number of halogens is 5. The minimum absolute atomic E-state index is 0.0661. The largest absolute Gasteiger partial charge is 0.490 e. The zero-order valence-corrected chi connectivity index (χ0v) is 20.4. The number of nitriles is 1. The SMILES string of the molecule is CCOc1cc(/C=C(\C#N)C(=O)Nc2cccc(C(F)(F)F)c2)cc(Br)c1OCc1ccccc1F. The number of carbonyl (C=O) groups is 1. The summed E-state index contributed by atoms with van der Waals surface area (Å²) in [6.45, 7) is 1.96. The molecule has 0 unspecified atom stereocenters. The Kier molecular flexibility index (Phi) is 8.72. The standard InChI is InChI=1S/C26H19BrF4N2O3/c1-2-35-23-12-16(11-21(27)24(23)36-15-17-6-3-4-9-22(17)28)10-18(14-32)25(34)33-20-8-5-7-19(13-20)26(29,30)31/h3-13H,2,15H2,1H3,(H,33,34)/b18-10+. The highest BCUT2D eigenvalue weighted by molar-refractivity contribution is 9.10. The van der Waals surface area contributed by atoms with E-state index in [1.807, 2.05) is 0 Å². The molecule has 186 valence electrons. The van der Waals surface area contributed by atoms with Crippen molar-refractivity contribution in [3.05, 3.63) is 93.2 Å². The Morgan fingerprint density at radius 1 is 1.11 bits per heavy atom. The van der Waals surface area contributed by atoms with Crippen LogP contribution in [-0.4, -0.2) is 12.5 Å². The van der Waals surface area contributed by atoms with E-state index >= 15 is 0 Å². The fraction of sp³-hybridized carbons (Fsp3) is 0.154. The second-order valence-electron chi connectivity index (χ2n) is 7.35. The molecule has 5 nitrogen and oxygen atoms in total. The molecule has 1 N–H and O–H groups in total. The van der Waals surface area contributed by atoms with Gasteiger partial charge in [-0.1, -0.05) is 24.3 Å². The molecule has 1 amide bonds.